The van der Waals surface area contributed by atoms with E-state index < -0.39 is 0 Å². The molecule has 76 valence electrons. The molecule has 0 spiro atoms. The molecule has 0 bridgehead atoms. The SMILES string of the molecule is CN1CCCC1COc1ccccn1. The van der Waals surface area contributed by atoms with Crippen LogP contribution in [0.2, 0.25) is 0 Å². The molecule has 1 unspecified atom stereocenters. The van der Waals surface area contributed by atoms with Gasteiger partial charge >= 0.3 is 0 Å². The van der Waals surface area contributed by atoms with Crippen molar-refractivity contribution in [2.75, 3.05) is 20.2 Å². The van der Waals surface area contributed by atoms with Gasteiger partial charge in [-0.2, -0.15) is 0 Å². The smallest absolute Gasteiger partial charge is 0.213 e. The van der Waals surface area contributed by atoms with Gasteiger partial charge in [0.15, 0.2) is 0 Å². The number of aromatic nitrogens is 1. The van der Waals surface area contributed by atoms with E-state index in [-0.39, 0.29) is 0 Å². The van der Waals surface area contributed by atoms with Crippen molar-refractivity contribution in [2.45, 2.75) is 18.9 Å². The predicted octanol–water partition coefficient (Wildman–Crippen LogP) is 1.55. The summed E-state index contributed by atoms with van der Waals surface area (Å²) in [5.74, 6) is 0.729. The van der Waals surface area contributed by atoms with Crippen LogP contribution < -0.4 is 4.74 Å². The molecule has 1 aliphatic heterocycles. The molecule has 0 aliphatic carbocycles. The molecule has 1 aromatic heterocycles. The van der Waals surface area contributed by atoms with E-state index in [1.165, 1.54) is 19.4 Å². The second-order valence-electron chi connectivity index (χ2n) is 3.76. The van der Waals surface area contributed by atoms with E-state index in [1.807, 2.05) is 18.2 Å². The summed E-state index contributed by atoms with van der Waals surface area (Å²) in [7, 11) is 2.15. The van der Waals surface area contributed by atoms with Crippen molar-refractivity contribution in [3.63, 3.8) is 0 Å². The summed E-state index contributed by atoms with van der Waals surface area (Å²) < 4.78 is 5.61. The van der Waals surface area contributed by atoms with Crippen LogP contribution in [-0.4, -0.2) is 36.1 Å². The van der Waals surface area contributed by atoms with Crippen LogP contribution in [0.3, 0.4) is 0 Å². The molecule has 1 saturated heterocycles. The number of likely N-dealkylation sites (N-methyl/N-ethyl adjacent to an activating group) is 1. The van der Waals surface area contributed by atoms with Crippen LogP contribution >= 0.6 is 0 Å². The van der Waals surface area contributed by atoms with Gasteiger partial charge in [-0.15, -0.1) is 0 Å². The van der Waals surface area contributed by atoms with Crippen LogP contribution in [0, 0.1) is 0 Å². The molecule has 0 saturated carbocycles. The fourth-order valence-electron chi connectivity index (χ4n) is 1.80. The van der Waals surface area contributed by atoms with E-state index in [9.17, 15) is 0 Å². The lowest BCUT2D eigenvalue weighted by molar-refractivity contribution is 0.193. The first-order valence-electron chi connectivity index (χ1n) is 5.10. The maximum atomic E-state index is 5.61. The van der Waals surface area contributed by atoms with Gasteiger partial charge in [0.25, 0.3) is 0 Å². The lowest BCUT2D eigenvalue weighted by atomic mass is 10.2. The van der Waals surface area contributed by atoms with Crippen molar-refractivity contribution in [3.8, 4) is 5.88 Å². The zero-order chi connectivity index (χ0) is 9.80. The Kier molecular flexibility index (Phi) is 2.99. The highest BCUT2D eigenvalue weighted by molar-refractivity contribution is 5.09. The molecule has 1 fully saturated rings. The highest BCUT2D eigenvalue weighted by atomic mass is 16.5. The number of hydrogen-bond acceptors (Lipinski definition) is 3. The second-order valence-corrected chi connectivity index (χ2v) is 3.76. The summed E-state index contributed by atoms with van der Waals surface area (Å²) in [5.41, 5.74) is 0. The molecule has 1 aliphatic rings. The fraction of sp³-hybridized carbons (Fsp3) is 0.545. The van der Waals surface area contributed by atoms with Gasteiger partial charge in [0.2, 0.25) is 5.88 Å². The van der Waals surface area contributed by atoms with E-state index in [0.29, 0.717) is 6.04 Å². The van der Waals surface area contributed by atoms with Crippen LogP contribution in [0.4, 0.5) is 0 Å². The molecular weight excluding hydrogens is 176 g/mol. The number of hydrogen-bond donors (Lipinski definition) is 0. The van der Waals surface area contributed by atoms with Crippen LogP contribution in [-0.2, 0) is 0 Å². The molecule has 0 aromatic carbocycles. The third kappa shape index (κ3) is 2.23. The standard InChI is InChI=1S/C11H16N2O/c1-13-8-4-5-10(13)9-14-11-6-2-3-7-12-11/h2-3,6-7,10H,4-5,8-9H2,1H3. The monoisotopic (exact) mass is 192 g/mol. The van der Waals surface area contributed by atoms with Crippen molar-refractivity contribution >= 4 is 0 Å². The lowest BCUT2D eigenvalue weighted by Gasteiger charge is -2.19. The Morgan fingerprint density at radius 1 is 1.57 bits per heavy atom. The van der Waals surface area contributed by atoms with Crippen molar-refractivity contribution in [2.24, 2.45) is 0 Å². The Hall–Kier alpha value is -1.09. The number of ether oxygens (including phenoxy) is 1. The lowest BCUT2D eigenvalue weighted by Crippen LogP contribution is -2.30. The molecule has 14 heavy (non-hydrogen) atoms. The average Bonchev–Trinajstić information content (AvgIpc) is 2.63. The summed E-state index contributed by atoms with van der Waals surface area (Å²) >= 11 is 0. The topological polar surface area (TPSA) is 25.4 Å². The fourth-order valence-corrected chi connectivity index (χ4v) is 1.80. The van der Waals surface area contributed by atoms with Crippen LogP contribution in [0.15, 0.2) is 24.4 Å². The zero-order valence-electron chi connectivity index (χ0n) is 8.52. The first-order valence-corrected chi connectivity index (χ1v) is 5.10. The minimum atomic E-state index is 0.567. The summed E-state index contributed by atoms with van der Waals surface area (Å²) in [4.78, 5) is 6.47. The highest BCUT2D eigenvalue weighted by Gasteiger charge is 2.21. The van der Waals surface area contributed by atoms with E-state index in [2.05, 4.69) is 16.9 Å². The van der Waals surface area contributed by atoms with Gasteiger partial charge in [0.1, 0.15) is 6.61 Å². The largest absolute Gasteiger partial charge is 0.476 e. The second kappa shape index (κ2) is 4.42. The normalized spacial score (nSPS) is 22.5. The Bertz CT molecular complexity index is 276. The Morgan fingerprint density at radius 3 is 3.14 bits per heavy atom. The number of pyridine rings is 1. The summed E-state index contributed by atoms with van der Waals surface area (Å²) in [5, 5.41) is 0. The Balaban J connectivity index is 1.82. The number of rotatable bonds is 3. The van der Waals surface area contributed by atoms with Gasteiger partial charge in [0.05, 0.1) is 0 Å². The molecule has 2 heterocycles. The average molecular weight is 192 g/mol. The van der Waals surface area contributed by atoms with Gasteiger partial charge in [0, 0.05) is 18.3 Å². The molecule has 0 radical (unpaired) electrons. The van der Waals surface area contributed by atoms with E-state index in [0.717, 1.165) is 12.5 Å². The highest BCUT2D eigenvalue weighted by Crippen LogP contribution is 2.15. The van der Waals surface area contributed by atoms with Gasteiger partial charge in [-0.05, 0) is 32.5 Å². The van der Waals surface area contributed by atoms with Gasteiger partial charge in [-0.25, -0.2) is 4.98 Å². The van der Waals surface area contributed by atoms with Crippen molar-refractivity contribution in [1.29, 1.82) is 0 Å². The first kappa shape index (κ1) is 9.46. The minimum Gasteiger partial charge on any atom is -0.476 e. The number of nitrogens with zero attached hydrogens (tertiary/aromatic N) is 2. The number of likely N-dealkylation sites (tertiary alicyclic amines) is 1. The van der Waals surface area contributed by atoms with Crippen molar-refractivity contribution in [3.05, 3.63) is 24.4 Å². The quantitative estimate of drug-likeness (QED) is 0.726. The van der Waals surface area contributed by atoms with Gasteiger partial charge in [-0.1, -0.05) is 6.07 Å². The van der Waals surface area contributed by atoms with E-state index >= 15 is 0 Å². The van der Waals surface area contributed by atoms with Gasteiger partial charge in [-0.3, -0.25) is 0 Å². The Labute approximate surface area is 84.7 Å². The maximum Gasteiger partial charge on any atom is 0.213 e. The molecule has 3 nitrogen and oxygen atoms in total. The summed E-state index contributed by atoms with van der Waals surface area (Å²) in [6, 6.07) is 6.31. The molecule has 1 aromatic rings. The predicted molar refractivity (Wildman–Crippen MR) is 55.4 cm³/mol. The van der Waals surface area contributed by atoms with Crippen molar-refractivity contribution in [1.82, 2.24) is 9.88 Å². The van der Waals surface area contributed by atoms with Crippen LogP contribution in [0.5, 0.6) is 5.88 Å². The van der Waals surface area contributed by atoms with Crippen LogP contribution in [0.25, 0.3) is 0 Å². The first-order chi connectivity index (χ1) is 6.86. The van der Waals surface area contributed by atoms with Crippen molar-refractivity contribution < 1.29 is 4.74 Å². The molecule has 0 amide bonds. The Morgan fingerprint density at radius 2 is 2.50 bits per heavy atom. The molecule has 0 N–H and O–H groups in total. The maximum absolute atomic E-state index is 5.61. The molecule has 3 heteroatoms. The minimum absolute atomic E-state index is 0.567. The summed E-state index contributed by atoms with van der Waals surface area (Å²) in [6.07, 6.45) is 4.28. The zero-order valence-corrected chi connectivity index (χ0v) is 8.52. The summed E-state index contributed by atoms with van der Waals surface area (Å²) in [6.45, 7) is 1.95. The van der Waals surface area contributed by atoms with E-state index in [4.69, 9.17) is 4.74 Å². The van der Waals surface area contributed by atoms with Crippen LogP contribution in [0.1, 0.15) is 12.8 Å². The molecule has 1 atom stereocenters. The van der Waals surface area contributed by atoms with E-state index in [1.54, 1.807) is 6.20 Å². The third-order valence-corrected chi connectivity index (χ3v) is 2.73. The van der Waals surface area contributed by atoms with Gasteiger partial charge < -0.3 is 9.64 Å². The molecule has 2 rings (SSSR count). The third-order valence-electron chi connectivity index (χ3n) is 2.73. The molecular formula is C11H16N2O.